The van der Waals surface area contributed by atoms with E-state index in [2.05, 4.69) is 0 Å². The number of hydrogen-bond acceptors (Lipinski definition) is 5. The minimum atomic E-state index is -0.329. The monoisotopic (exact) mass is 266 g/mol. The van der Waals surface area contributed by atoms with Gasteiger partial charge in [0.05, 0.1) is 6.61 Å². The first kappa shape index (κ1) is 14.9. The van der Waals surface area contributed by atoms with Crippen molar-refractivity contribution < 1.29 is 24.1 Å². The quantitative estimate of drug-likeness (QED) is 0.466. The zero-order valence-electron chi connectivity index (χ0n) is 11.1. The molecule has 0 spiro atoms. The molecule has 1 rings (SSSR count). The van der Waals surface area contributed by atoms with Gasteiger partial charge in [0.15, 0.2) is 11.5 Å². The van der Waals surface area contributed by atoms with Crippen molar-refractivity contribution in [1.29, 1.82) is 0 Å². The first-order chi connectivity index (χ1) is 9.21. The van der Waals surface area contributed by atoms with E-state index in [1.807, 2.05) is 13.8 Å². The van der Waals surface area contributed by atoms with Crippen molar-refractivity contribution in [2.45, 2.75) is 26.7 Å². The Morgan fingerprint density at radius 3 is 2.74 bits per heavy atom. The van der Waals surface area contributed by atoms with Crippen LogP contribution in [-0.4, -0.2) is 17.7 Å². The van der Waals surface area contributed by atoms with Crippen LogP contribution in [0.4, 0.5) is 0 Å². The average Bonchev–Trinajstić information content (AvgIpc) is 2.39. The smallest absolute Gasteiger partial charge is 0.311 e. The molecule has 0 atom stereocenters. The van der Waals surface area contributed by atoms with Crippen LogP contribution in [0.15, 0.2) is 30.7 Å². The molecular formula is C14H18O5. The Bertz CT molecular complexity index is 439. The molecule has 0 aliphatic heterocycles. The van der Waals surface area contributed by atoms with Gasteiger partial charge in [-0.2, -0.15) is 0 Å². The second-order valence-corrected chi connectivity index (χ2v) is 3.67. The molecular weight excluding hydrogens is 248 g/mol. The Morgan fingerprint density at radius 2 is 2.11 bits per heavy atom. The molecule has 0 amide bonds. The predicted molar refractivity (Wildman–Crippen MR) is 70.6 cm³/mol. The summed E-state index contributed by atoms with van der Waals surface area (Å²) in [6.07, 6.45) is 2.89. The highest BCUT2D eigenvalue weighted by Crippen LogP contribution is 2.32. The molecule has 0 aromatic heterocycles. The molecule has 0 aliphatic carbocycles. The Balaban J connectivity index is 2.90. The Morgan fingerprint density at radius 1 is 1.32 bits per heavy atom. The number of ether oxygens (including phenoxy) is 3. The lowest BCUT2D eigenvalue weighted by atomic mass is 10.3. The lowest BCUT2D eigenvalue weighted by molar-refractivity contribution is -0.134. The number of hydrogen-bond donors (Lipinski definition) is 1. The predicted octanol–water partition coefficient (Wildman–Crippen LogP) is 3.20. The maximum absolute atomic E-state index is 11.5. The summed E-state index contributed by atoms with van der Waals surface area (Å²) < 4.78 is 15.7. The van der Waals surface area contributed by atoms with E-state index in [-0.39, 0.29) is 5.97 Å². The molecule has 0 heterocycles. The zero-order valence-corrected chi connectivity index (χ0v) is 11.1. The summed E-state index contributed by atoms with van der Waals surface area (Å²) in [7, 11) is 0. The van der Waals surface area contributed by atoms with E-state index in [1.165, 1.54) is 0 Å². The largest absolute Gasteiger partial charge is 0.512 e. The van der Waals surface area contributed by atoms with Crippen molar-refractivity contribution in [3.8, 4) is 17.2 Å². The molecule has 0 radical (unpaired) electrons. The number of carbonyl (C=O) groups excluding carboxylic acids is 1. The Hall–Kier alpha value is -2.17. The van der Waals surface area contributed by atoms with E-state index >= 15 is 0 Å². The molecule has 1 N–H and O–H groups in total. The van der Waals surface area contributed by atoms with Gasteiger partial charge in [-0.15, -0.1) is 0 Å². The normalized spacial score (nSPS) is 10.4. The average molecular weight is 266 g/mol. The van der Waals surface area contributed by atoms with Crippen LogP contribution < -0.4 is 14.2 Å². The molecule has 0 saturated heterocycles. The van der Waals surface area contributed by atoms with Crippen molar-refractivity contribution in [3.63, 3.8) is 0 Å². The maximum Gasteiger partial charge on any atom is 0.311 e. The van der Waals surface area contributed by atoms with E-state index < -0.39 is 0 Å². The third kappa shape index (κ3) is 4.91. The highest BCUT2D eigenvalue weighted by Gasteiger charge is 2.11. The van der Waals surface area contributed by atoms with Crippen LogP contribution in [0.25, 0.3) is 0 Å². The lowest BCUT2D eigenvalue weighted by Crippen LogP contribution is -2.07. The fourth-order valence-corrected chi connectivity index (χ4v) is 1.40. The van der Waals surface area contributed by atoms with E-state index in [0.717, 1.165) is 12.5 Å². The lowest BCUT2D eigenvalue weighted by Gasteiger charge is -2.11. The van der Waals surface area contributed by atoms with Gasteiger partial charge in [-0.3, -0.25) is 4.79 Å². The topological polar surface area (TPSA) is 65.0 Å². The van der Waals surface area contributed by atoms with Gasteiger partial charge in [0.2, 0.25) is 0 Å². The second-order valence-electron chi connectivity index (χ2n) is 3.67. The summed E-state index contributed by atoms with van der Waals surface area (Å²) in [5.74, 6) is 0.865. The molecule has 0 aliphatic rings. The first-order valence-electron chi connectivity index (χ1n) is 6.14. The van der Waals surface area contributed by atoms with Crippen LogP contribution in [0.2, 0.25) is 0 Å². The molecule has 0 bridgehead atoms. The fourth-order valence-electron chi connectivity index (χ4n) is 1.40. The van der Waals surface area contributed by atoms with Crippen LogP contribution in [0.1, 0.15) is 26.7 Å². The Labute approximate surface area is 112 Å². The minimum absolute atomic E-state index is 0.292. The minimum Gasteiger partial charge on any atom is -0.512 e. The van der Waals surface area contributed by atoms with Gasteiger partial charge >= 0.3 is 5.97 Å². The van der Waals surface area contributed by atoms with Crippen LogP contribution in [0.5, 0.6) is 17.2 Å². The number of rotatable bonds is 7. The van der Waals surface area contributed by atoms with Gasteiger partial charge < -0.3 is 19.3 Å². The standard InChI is InChI=1S/C14H18O5/c1-3-5-14(16)19-12-7-6-11(17-4-2)10-13(12)18-9-8-15/h6-10,15H,3-5H2,1-2H3. The van der Waals surface area contributed by atoms with Crippen molar-refractivity contribution in [2.75, 3.05) is 6.61 Å². The molecule has 19 heavy (non-hydrogen) atoms. The molecule has 1 aromatic rings. The summed E-state index contributed by atoms with van der Waals surface area (Å²) in [5.41, 5.74) is 0. The Kier molecular flexibility index (Phi) is 6.29. The summed E-state index contributed by atoms with van der Waals surface area (Å²) in [5, 5.41) is 8.61. The molecule has 104 valence electrons. The SMILES string of the molecule is CCCC(=O)Oc1ccc(OCC)cc1OC=CO. The second kappa shape index (κ2) is 8.02. The van der Waals surface area contributed by atoms with Gasteiger partial charge in [-0.25, -0.2) is 0 Å². The molecule has 5 nitrogen and oxygen atoms in total. The van der Waals surface area contributed by atoms with Crippen molar-refractivity contribution in [1.82, 2.24) is 0 Å². The van der Waals surface area contributed by atoms with Crippen molar-refractivity contribution in [2.24, 2.45) is 0 Å². The van der Waals surface area contributed by atoms with E-state index in [1.54, 1.807) is 18.2 Å². The van der Waals surface area contributed by atoms with Crippen LogP contribution in [-0.2, 0) is 4.79 Å². The molecule has 0 saturated carbocycles. The summed E-state index contributed by atoms with van der Waals surface area (Å²) in [6, 6.07) is 4.88. The molecule has 1 aromatic carbocycles. The van der Waals surface area contributed by atoms with Crippen LogP contribution in [0.3, 0.4) is 0 Å². The first-order valence-corrected chi connectivity index (χ1v) is 6.14. The number of benzene rings is 1. The number of carbonyl (C=O) groups is 1. The number of esters is 1. The van der Waals surface area contributed by atoms with E-state index in [9.17, 15) is 4.79 Å². The van der Waals surface area contributed by atoms with E-state index in [4.69, 9.17) is 19.3 Å². The summed E-state index contributed by atoms with van der Waals surface area (Å²) in [4.78, 5) is 11.5. The van der Waals surface area contributed by atoms with Gasteiger partial charge in [0, 0.05) is 12.5 Å². The fraction of sp³-hybridized carbons (Fsp3) is 0.357. The summed E-state index contributed by atoms with van der Waals surface area (Å²) in [6.45, 7) is 4.28. The molecule has 5 heteroatoms. The van der Waals surface area contributed by atoms with Gasteiger partial charge in [0.1, 0.15) is 18.3 Å². The third-order valence-corrected chi connectivity index (χ3v) is 2.16. The van der Waals surface area contributed by atoms with Crippen LogP contribution in [0, 0.1) is 0 Å². The number of aliphatic hydroxyl groups is 1. The van der Waals surface area contributed by atoms with Crippen molar-refractivity contribution in [3.05, 3.63) is 30.7 Å². The van der Waals surface area contributed by atoms with Crippen molar-refractivity contribution >= 4 is 5.97 Å². The highest BCUT2D eigenvalue weighted by atomic mass is 16.6. The third-order valence-electron chi connectivity index (χ3n) is 2.16. The zero-order chi connectivity index (χ0) is 14.1. The van der Waals surface area contributed by atoms with Gasteiger partial charge in [-0.1, -0.05) is 6.92 Å². The molecule has 0 unspecified atom stereocenters. The van der Waals surface area contributed by atoms with E-state index in [0.29, 0.717) is 36.7 Å². The van der Waals surface area contributed by atoms with Crippen LogP contribution >= 0.6 is 0 Å². The van der Waals surface area contributed by atoms with Gasteiger partial charge in [0.25, 0.3) is 0 Å². The maximum atomic E-state index is 11.5. The summed E-state index contributed by atoms with van der Waals surface area (Å²) >= 11 is 0. The van der Waals surface area contributed by atoms with Gasteiger partial charge in [-0.05, 0) is 25.5 Å². The highest BCUT2D eigenvalue weighted by molar-refractivity contribution is 5.73. The number of aliphatic hydroxyl groups excluding tert-OH is 1. The molecule has 0 fully saturated rings.